The molecule has 0 aromatic heterocycles. The SMILES string of the molecule is CCOC(=O)Nc1ccc(C(=O)NC)cc1C. The summed E-state index contributed by atoms with van der Waals surface area (Å²) in [5, 5.41) is 5.14. The van der Waals surface area contributed by atoms with E-state index in [1.165, 1.54) is 0 Å². The van der Waals surface area contributed by atoms with Gasteiger partial charge in [0.05, 0.1) is 6.61 Å². The van der Waals surface area contributed by atoms with Crippen molar-refractivity contribution < 1.29 is 14.3 Å². The van der Waals surface area contributed by atoms with Crippen molar-refractivity contribution in [2.24, 2.45) is 0 Å². The Kier molecular flexibility index (Phi) is 4.51. The van der Waals surface area contributed by atoms with Crippen molar-refractivity contribution in [1.82, 2.24) is 5.32 Å². The van der Waals surface area contributed by atoms with E-state index in [1.807, 2.05) is 6.92 Å². The first-order valence-corrected chi connectivity index (χ1v) is 5.35. The molecule has 17 heavy (non-hydrogen) atoms. The van der Waals surface area contributed by atoms with Gasteiger partial charge in [-0.15, -0.1) is 0 Å². The summed E-state index contributed by atoms with van der Waals surface area (Å²) in [6.45, 7) is 3.87. The predicted octanol–water partition coefficient (Wildman–Crippen LogP) is 1.92. The standard InChI is InChI=1S/C12H16N2O3/c1-4-17-12(16)14-10-6-5-9(7-8(10)2)11(15)13-3/h5-7H,4H2,1-3H3,(H,13,15)(H,14,16). The van der Waals surface area contributed by atoms with Crippen molar-refractivity contribution in [3.8, 4) is 0 Å². The Morgan fingerprint density at radius 1 is 1.35 bits per heavy atom. The Bertz CT molecular complexity index is 430. The molecule has 0 radical (unpaired) electrons. The van der Waals surface area contributed by atoms with Crippen LogP contribution in [0, 0.1) is 6.92 Å². The highest BCUT2D eigenvalue weighted by Crippen LogP contribution is 2.16. The van der Waals surface area contributed by atoms with Crippen molar-refractivity contribution in [2.45, 2.75) is 13.8 Å². The highest BCUT2D eigenvalue weighted by Gasteiger charge is 2.08. The van der Waals surface area contributed by atoms with Gasteiger partial charge in [-0.25, -0.2) is 4.79 Å². The molecular formula is C12H16N2O3. The molecule has 0 bridgehead atoms. The molecule has 0 atom stereocenters. The molecule has 0 unspecified atom stereocenters. The molecule has 92 valence electrons. The second-order valence-electron chi connectivity index (χ2n) is 3.45. The first-order chi connectivity index (χ1) is 8.08. The average Bonchev–Trinajstić information content (AvgIpc) is 2.31. The minimum atomic E-state index is -0.497. The van der Waals surface area contributed by atoms with Gasteiger partial charge in [0.15, 0.2) is 0 Å². The molecule has 0 spiro atoms. The van der Waals surface area contributed by atoms with Crippen LogP contribution in [0.25, 0.3) is 0 Å². The number of carbonyl (C=O) groups is 2. The largest absolute Gasteiger partial charge is 0.450 e. The first-order valence-electron chi connectivity index (χ1n) is 5.35. The lowest BCUT2D eigenvalue weighted by Gasteiger charge is -2.09. The van der Waals surface area contributed by atoms with Crippen molar-refractivity contribution in [2.75, 3.05) is 19.0 Å². The van der Waals surface area contributed by atoms with Crippen LogP contribution in [0.3, 0.4) is 0 Å². The van der Waals surface area contributed by atoms with Crippen LogP contribution >= 0.6 is 0 Å². The molecule has 1 aromatic rings. The maximum atomic E-state index is 11.4. The minimum absolute atomic E-state index is 0.157. The molecule has 1 aromatic carbocycles. The van der Waals surface area contributed by atoms with Gasteiger partial charge in [0.1, 0.15) is 0 Å². The second-order valence-corrected chi connectivity index (χ2v) is 3.45. The fourth-order valence-electron chi connectivity index (χ4n) is 1.37. The fourth-order valence-corrected chi connectivity index (χ4v) is 1.37. The highest BCUT2D eigenvalue weighted by atomic mass is 16.5. The molecule has 0 aliphatic heterocycles. The van der Waals surface area contributed by atoms with E-state index in [0.717, 1.165) is 5.56 Å². The zero-order valence-electron chi connectivity index (χ0n) is 10.2. The number of nitrogens with one attached hydrogen (secondary N) is 2. The average molecular weight is 236 g/mol. The molecule has 0 saturated heterocycles. The van der Waals surface area contributed by atoms with Crippen LogP contribution in [0.15, 0.2) is 18.2 Å². The van der Waals surface area contributed by atoms with Crippen molar-refractivity contribution in [3.05, 3.63) is 29.3 Å². The zero-order chi connectivity index (χ0) is 12.8. The number of aryl methyl sites for hydroxylation is 1. The summed E-state index contributed by atoms with van der Waals surface area (Å²) in [4.78, 5) is 22.6. The van der Waals surface area contributed by atoms with E-state index in [0.29, 0.717) is 17.9 Å². The van der Waals surface area contributed by atoms with E-state index < -0.39 is 6.09 Å². The molecular weight excluding hydrogens is 220 g/mol. The van der Waals surface area contributed by atoms with Crippen LogP contribution in [0.1, 0.15) is 22.8 Å². The van der Waals surface area contributed by atoms with Gasteiger partial charge in [-0.1, -0.05) is 0 Å². The summed E-state index contributed by atoms with van der Waals surface area (Å²) in [5.41, 5.74) is 2.00. The summed E-state index contributed by atoms with van der Waals surface area (Å²) < 4.78 is 4.77. The van der Waals surface area contributed by atoms with E-state index in [9.17, 15) is 9.59 Å². The van der Waals surface area contributed by atoms with Gasteiger partial charge in [0, 0.05) is 18.3 Å². The van der Waals surface area contributed by atoms with Gasteiger partial charge in [-0.05, 0) is 37.6 Å². The van der Waals surface area contributed by atoms with E-state index in [1.54, 1.807) is 32.2 Å². The number of hydrogen-bond acceptors (Lipinski definition) is 3. The van der Waals surface area contributed by atoms with E-state index in [-0.39, 0.29) is 5.91 Å². The van der Waals surface area contributed by atoms with Gasteiger partial charge in [0.25, 0.3) is 5.91 Å². The van der Waals surface area contributed by atoms with Gasteiger partial charge in [0.2, 0.25) is 0 Å². The molecule has 1 rings (SSSR count). The summed E-state index contributed by atoms with van der Waals surface area (Å²) in [5.74, 6) is -0.157. The predicted molar refractivity (Wildman–Crippen MR) is 65.2 cm³/mol. The lowest BCUT2D eigenvalue weighted by atomic mass is 10.1. The smallest absolute Gasteiger partial charge is 0.411 e. The monoisotopic (exact) mass is 236 g/mol. The quantitative estimate of drug-likeness (QED) is 0.842. The molecule has 0 fully saturated rings. The third kappa shape index (κ3) is 3.48. The lowest BCUT2D eigenvalue weighted by Crippen LogP contribution is -2.18. The Labute approximate surface area is 100 Å². The molecule has 2 amide bonds. The molecule has 0 heterocycles. The maximum Gasteiger partial charge on any atom is 0.411 e. The van der Waals surface area contributed by atoms with Gasteiger partial charge < -0.3 is 10.1 Å². The molecule has 0 aliphatic rings. The van der Waals surface area contributed by atoms with Gasteiger partial charge in [-0.2, -0.15) is 0 Å². The Morgan fingerprint density at radius 3 is 2.59 bits per heavy atom. The van der Waals surface area contributed by atoms with Crippen molar-refractivity contribution >= 4 is 17.7 Å². The summed E-state index contributed by atoms with van der Waals surface area (Å²) in [6.07, 6.45) is -0.497. The molecule has 5 heteroatoms. The number of rotatable bonds is 3. The summed E-state index contributed by atoms with van der Waals surface area (Å²) >= 11 is 0. The van der Waals surface area contributed by atoms with Crippen LogP contribution in [0.2, 0.25) is 0 Å². The second kappa shape index (κ2) is 5.89. The third-order valence-electron chi connectivity index (χ3n) is 2.23. The molecule has 0 aliphatic carbocycles. The van der Waals surface area contributed by atoms with Crippen LogP contribution in [0.5, 0.6) is 0 Å². The number of amides is 2. The van der Waals surface area contributed by atoms with Crippen LogP contribution < -0.4 is 10.6 Å². The topological polar surface area (TPSA) is 67.4 Å². The number of anilines is 1. The van der Waals surface area contributed by atoms with Crippen molar-refractivity contribution in [1.29, 1.82) is 0 Å². The van der Waals surface area contributed by atoms with Crippen molar-refractivity contribution in [3.63, 3.8) is 0 Å². The normalized spacial score (nSPS) is 9.59. The summed E-state index contributed by atoms with van der Waals surface area (Å²) in [7, 11) is 1.57. The van der Waals surface area contributed by atoms with Crippen LogP contribution in [-0.4, -0.2) is 25.7 Å². The van der Waals surface area contributed by atoms with E-state index in [4.69, 9.17) is 4.74 Å². The van der Waals surface area contributed by atoms with E-state index >= 15 is 0 Å². The molecule has 5 nitrogen and oxygen atoms in total. The van der Waals surface area contributed by atoms with E-state index in [2.05, 4.69) is 10.6 Å². The number of ether oxygens (including phenoxy) is 1. The first kappa shape index (κ1) is 13.0. The van der Waals surface area contributed by atoms with Crippen LogP contribution in [0.4, 0.5) is 10.5 Å². The maximum absolute atomic E-state index is 11.4. The Hall–Kier alpha value is -2.04. The number of benzene rings is 1. The number of carbonyl (C=O) groups excluding carboxylic acids is 2. The summed E-state index contributed by atoms with van der Waals surface area (Å²) in [6, 6.07) is 5.03. The number of hydrogen-bond donors (Lipinski definition) is 2. The Balaban J connectivity index is 2.83. The minimum Gasteiger partial charge on any atom is -0.450 e. The highest BCUT2D eigenvalue weighted by molar-refractivity contribution is 5.95. The van der Waals surface area contributed by atoms with Gasteiger partial charge in [-0.3, -0.25) is 10.1 Å². The molecule has 2 N–H and O–H groups in total. The Morgan fingerprint density at radius 2 is 2.06 bits per heavy atom. The van der Waals surface area contributed by atoms with Crippen LogP contribution in [-0.2, 0) is 4.74 Å². The zero-order valence-corrected chi connectivity index (χ0v) is 10.2. The lowest BCUT2D eigenvalue weighted by molar-refractivity contribution is 0.0963. The third-order valence-corrected chi connectivity index (χ3v) is 2.23. The fraction of sp³-hybridized carbons (Fsp3) is 0.333. The van der Waals surface area contributed by atoms with Gasteiger partial charge >= 0.3 is 6.09 Å². The molecule has 0 saturated carbocycles.